The van der Waals surface area contributed by atoms with Crippen LogP contribution in [0.5, 0.6) is 11.5 Å². The molecule has 0 bridgehead atoms. The van der Waals surface area contributed by atoms with Gasteiger partial charge in [0.05, 0.1) is 26.7 Å². The van der Waals surface area contributed by atoms with Gasteiger partial charge in [0.15, 0.2) is 0 Å². The lowest BCUT2D eigenvalue weighted by molar-refractivity contribution is -0.146. The topological polar surface area (TPSA) is 73.9 Å². The summed E-state index contributed by atoms with van der Waals surface area (Å²) in [6.07, 6.45) is 4.50. The van der Waals surface area contributed by atoms with Crippen LogP contribution in [0.1, 0.15) is 35.2 Å². The van der Waals surface area contributed by atoms with Crippen molar-refractivity contribution in [2.24, 2.45) is 5.92 Å². The van der Waals surface area contributed by atoms with Gasteiger partial charge < -0.3 is 19.5 Å². The molecule has 0 aliphatic heterocycles. The Morgan fingerprint density at radius 1 is 0.971 bits per heavy atom. The highest BCUT2D eigenvalue weighted by atomic mass is 16.5. The van der Waals surface area contributed by atoms with Crippen LogP contribution < -0.4 is 14.8 Å². The van der Waals surface area contributed by atoms with Crippen molar-refractivity contribution in [3.63, 3.8) is 0 Å². The van der Waals surface area contributed by atoms with Gasteiger partial charge in [0.1, 0.15) is 11.5 Å². The van der Waals surface area contributed by atoms with Crippen molar-refractivity contribution in [1.82, 2.24) is 5.32 Å². The molecule has 3 aromatic carbocycles. The number of esters is 1. The molecule has 0 aromatic heterocycles. The van der Waals surface area contributed by atoms with Crippen molar-refractivity contribution in [2.45, 2.75) is 25.3 Å². The van der Waals surface area contributed by atoms with E-state index in [0.29, 0.717) is 29.0 Å². The quantitative estimate of drug-likeness (QED) is 0.384. The van der Waals surface area contributed by atoms with Crippen molar-refractivity contribution in [1.29, 1.82) is 0 Å². The monoisotopic (exact) mass is 459 g/mol. The van der Waals surface area contributed by atoms with E-state index < -0.39 is 5.92 Å². The second kappa shape index (κ2) is 10.4. The van der Waals surface area contributed by atoms with E-state index in [9.17, 15) is 9.59 Å². The zero-order chi connectivity index (χ0) is 24.1. The van der Waals surface area contributed by atoms with E-state index in [-0.39, 0.29) is 30.4 Å². The van der Waals surface area contributed by atoms with Crippen LogP contribution in [0.2, 0.25) is 0 Å². The number of nitrogens with one attached hydrogen (secondary N) is 1. The number of methoxy groups -OCH3 is 2. The number of rotatable bonds is 8. The molecule has 176 valence electrons. The smallest absolute Gasteiger partial charge is 0.314 e. The Kier molecular flexibility index (Phi) is 7.16. The Morgan fingerprint density at radius 2 is 1.76 bits per heavy atom. The molecule has 4 rings (SSSR count). The number of ether oxygens (including phenoxy) is 3. The highest BCUT2D eigenvalue weighted by Crippen LogP contribution is 2.40. The molecule has 3 aromatic rings. The minimum absolute atomic E-state index is 0.146. The molecule has 34 heavy (non-hydrogen) atoms. The molecule has 6 nitrogen and oxygen atoms in total. The van der Waals surface area contributed by atoms with Crippen molar-refractivity contribution < 1.29 is 23.8 Å². The van der Waals surface area contributed by atoms with Gasteiger partial charge in [-0.1, -0.05) is 42.5 Å². The normalized spacial score (nSPS) is 17.9. The van der Waals surface area contributed by atoms with Crippen LogP contribution in [0.3, 0.4) is 0 Å². The summed E-state index contributed by atoms with van der Waals surface area (Å²) in [6, 6.07) is 18.8. The number of benzene rings is 3. The molecule has 0 spiro atoms. The first-order valence-electron chi connectivity index (χ1n) is 11.4. The number of fused-ring (bicyclic) bond motifs is 1. The van der Waals surface area contributed by atoms with E-state index in [1.807, 2.05) is 60.7 Å². The average molecular weight is 460 g/mol. The Bertz CT molecular complexity index is 1220. The summed E-state index contributed by atoms with van der Waals surface area (Å²) in [7, 11) is 3.16. The van der Waals surface area contributed by atoms with Crippen LogP contribution in [0, 0.1) is 5.92 Å². The summed E-state index contributed by atoms with van der Waals surface area (Å²) in [4.78, 5) is 26.0. The predicted molar refractivity (Wildman–Crippen MR) is 131 cm³/mol. The predicted octanol–water partition coefficient (Wildman–Crippen LogP) is 4.88. The lowest BCUT2D eigenvalue weighted by Crippen LogP contribution is -2.34. The molecule has 0 radical (unpaired) electrons. The second-order valence-electron chi connectivity index (χ2n) is 8.26. The van der Waals surface area contributed by atoms with Crippen molar-refractivity contribution >= 4 is 22.6 Å². The fourth-order valence-corrected chi connectivity index (χ4v) is 4.51. The SMILES string of the molecule is CCOC(=O)[C@H](c1cc(OC)ccc1OC)[C@@H]1C=C[C@@H](NC(=O)c2ccc3ccccc3c2)C1. The maximum atomic E-state index is 13.0. The molecule has 0 fully saturated rings. The number of hydrogen-bond donors (Lipinski definition) is 1. The maximum Gasteiger partial charge on any atom is 0.314 e. The van der Waals surface area contributed by atoms with Gasteiger partial charge in [0.2, 0.25) is 0 Å². The molecule has 1 amide bonds. The zero-order valence-electron chi connectivity index (χ0n) is 19.6. The third kappa shape index (κ3) is 4.91. The van der Waals surface area contributed by atoms with Gasteiger partial charge in [-0.3, -0.25) is 9.59 Å². The highest BCUT2D eigenvalue weighted by molar-refractivity contribution is 5.98. The molecular formula is C28H29NO5. The van der Waals surface area contributed by atoms with Crippen LogP contribution in [-0.2, 0) is 9.53 Å². The zero-order valence-corrected chi connectivity index (χ0v) is 19.6. The van der Waals surface area contributed by atoms with Crippen LogP contribution in [0.25, 0.3) is 10.8 Å². The minimum atomic E-state index is -0.580. The summed E-state index contributed by atoms with van der Waals surface area (Å²) >= 11 is 0. The molecule has 0 saturated carbocycles. The standard InChI is InChI=1S/C28H29NO5/c1-4-34-28(31)26(24-17-23(32-2)13-14-25(24)33-3)20-11-12-22(16-20)29-27(30)21-10-9-18-7-5-6-8-19(18)15-21/h5-15,17,20,22,26H,4,16H2,1-3H3,(H,29,30)/t20-,22-,26+/m1/s1. The van der Waals surface area contributed by atoms with Crippen LogP contribution in [0.4, 0.5) is 0 Å². The fourth-order valence-electron chi connectivity index (χ4n) is 4.51. The molecule has 0 saturated heterocycles. The third-order valence-corrected chi connectivity index (χ3v) is 6.19. The first-order valence-corrected chi connectivity index (χ1v) is 11.4. The summed E-state index contributed by atoms with van der Waals surface area (Å²) in [5.74, 6) is 0.00724. The van der Waals surface area contributed by atoms with Gasteiger partial charge in [-0.2, -0.15) is 0 Å². The van der Waals surface area contributed by atoms with Crippen LogP contribution >= 0.6 is 0 Å². The summed E-state index contributed by atoms with van der Waals surface area (Å²) in [6.45, 7) is 2.06. The van der Waals surface area contributed by atoms with E-state index in [2.05, 4.69) is 5.32 Å². The van der Waals surface area contributed by atoms with E-state index in [1.165, 1.54) is 0 Å². The summed E-state index contributed by atoms with van der Waals surface area (Å²) in [5, 5.41) is 5.19. The number of carbonyl (C=O) groups excluding carboxylic acids is 2. The molecule has 1 aliphatic carbocycles. The van der Waals surface area contributed by atoms with Crippen molar-refractivity contribution in [3.05, 3.63) is 83.9 Å². The average Bonchev–Trinajstić information content (AvgIpc) is 3.31. The Labute approximate surface area is 199 Å². The number of hydrogen-bond acceptors (Lipinski definition) is 5. The molecule has 0 unspecified atom stereocenters. The van der Waals surface area contributed by atoms with Crippen LogP contribution in [-0.4, -0.2) is 38.7 Å². The molecular weight excluding hydrogens is 430 g/mol. The van der Waals surface area contributed by atoms with E-state index >= 15 is 0 Å². The fraction of sp³-hybridized carbons (Fsp3) is 0.286. The summed E-state index contributed by atoms with van der Waals surface area (Å²) in [5.41, 5.74) is 1.31. The Morgan fingerprint density at radius 3 is 2.50 bits per heavy atom. The molecule has 1 N–H and O–H groups in total. The Balaban J connectivity index is 1.53. The molecule has 0 heterocycles. The number of allylic oxidation sites excluding steroid dienone is 1. The first kappa shape index (κ1) is 23.4. The largest absolute Gasteiger partial charge is 0.497 e. The lowest BCUT2D eigenvalue weighted by atomic mass is 9.84. The van der Waals surface area contributed by atoms with E-state index in [4.69, 9.17) is 14.2 Å². The maximum absolute atomic E-state index is 13.0. The third-order valence-electron chi connectivity index (χ3n) is 6.19. The van der Waals surface area contributed by atoms with Crippen molar-refractivity contribution in [2.75, 3.05) is 20.8 Å². The Hall–Kier alpha value is -3.80. The van der Waals surface area contributed by atoms with Gasteiger partial charge in [0, 0.05) is 17.2 Å². The number of amides is 1. The van der Waals surface area contributed by atoms with Gasteiger partial charge in [-0.05, 0) is 60.4 Å². The molecule has 6 heteroatoms. The lowest BCUT2D eigenvalue weighted by Gasteiger charge is -2.24. The highest BCUT2D eigenvalue weighted by Gasteiger charge is 2.36. The number of carbonyl (C=O) groups is 2. The summed E-state index contributed by atoms with van der Waals surface area (Å²) < 4.78 is 16.3. The van der Waals surface area contributed by atoms with Gasteiger partial charge in [-0.25, -0.2) is 0 Å². The van der Waals surface area contributed by atoms with Crippen molar-refractivity contribution in [3.8, 4) is 11.5 Å². The second-order valence-corrected chi connectivity index (χ2v) is 8.26. The van der Waals surface area contributed by atoms with Gasteiger partial charge in [-0.15, -0.1) is 0 Å². The first-order chi connectivity index (χ1) is 16.5. The minimum Gasteiger partial charge on any atom is -0.497 e. The molecule has 1 aliphatic rings. The molecule has 3 atom stereocenters. The van der Waals surface area contributed by atoms with Gasteiger partial charge in [0.25, 0.3) is 5.91 Å². The van der Waals surface area contributed by atoms with Crippen LogP contribution in [0.15, 0.2) is 72.8 Å². The van der Waals surface area contributed by atoms with Gasteiger partial charge >= 0.3 is 5.97 Å². The van der Waals surface area contributed by atoms with E-state index in [0.717, 1.165) is 10.8 Å². The van der Waals surface area contributed by atoms with E-state index in [1.54, 1.807) is 33.3 Å².